The maximum Gasteiger partial charge on any atom is 0.0552 e. The Hall–Kier alpha value is -0.640. The third-order valence-corrected chi connectivity index (χ3v) is 7.56. The van der Waals surface area contributed by atoms with Crippen LogP contribution in [0.1, 0.15) is 149 Å². The molecule has 0 bridgehead atoms. The summed E-state index contributed by atoms with van der Waals surface area (Å²) in [4.78, 5) is 0. The lowest BCUT2D eigenvalue weighted by atomic mass is 9.84. The van der Waals surface area contributed by atoms with Gasteiger partial charge in [0.25, 0.3) is 0 Å². The molecule has 3 heteroatoms. The van der Waals surface area contributed by atoms with Crippen LogP contribution < -0.4 is 0 Å². The van der Waals surface area contributed by atoms with Gasteiger partial charge in [-0.1, -0.05) is 102 Å². The first-order valence-electron chi connectivity index (χ1n) is 15.9. The first-order valence-corrected chi connectivity index (χ1v) is 15.9. The zero-order valence-electron chi connectivity index (χ0n) is 24.3. The molecule has 0 radical (unpaired) electrons. The second kappa shape index (κ2) is 24.7. The minimum atomic E-state index is -0.129. The van der Waals surface area contributed by atoms with Crippen molar-refractivity contribution in [2.45, 2.75) is 155 Å². The summed E-state index contributed by atoms with van der Waals surface area (Å²) in [6.07, 6.45) is 35.3. The van der Waals surface area contributed by atoms with Crippen LogP contribution in [0.5, 0.6) is 0 Å². The predicted octanol–water partition coefficient (Wildman–Crippen LogP) is 9.72. The molecule has 1 rings (SSSR count). The van der Waals surface area contributed by atoms with Crippen molar-refractivity contribution < 1.29 is 14.6 Å². The predicted molar refractivity (Wildman–Crippen MR) is 157 cm³/mol. The number of hydrogen-bond acceptors (Lipinski definition) is 3. The summed E-state index contributed by atoms with van der Waals surface area (Å²) >= 11 is 0. The Bertz CT molecular complexity index is 477. The van der Waals surface area contributed by atoms with Gasteiger partial charge in [0.2, 0.25) is 0 Å². The maximum atomic E-state index is 10.2. The summed E-state index contributed by atoms with van der Waals surface area (Å²) < 4.78 is 11.3. The third kappa shape index (κ3) is 19.5. The smallest absolute Gasteiger partial charge is 0.0552 e. The van der Waals surface area contributed by atoms with Gasteiger partial charge in [-0.2, -0.15) is 0 Å². The van der Waals surface area contributed by atoms with Crippen molar-refractivity contribution in [1.82, 2.24) is 0 Å². The van der Waals surface area contributed by atoms with E-state index >= 15 is 0 Å². The molecule has 0 aromatic heterocycles. The maximum absolute atomic E-state index is 10.2. The summed E-state index contributed by atoms with van der Waals surface area (Å²) in [6.45, 7) is 8.19. The van der Waals surface area contributed by atoms with Gasteiger partial charge >= 0.3 is 0 Å². The summed E-state index contributed by atoms with van der Waals surface area (Å²) in [5.41, 5.74) is 0.106. The molecule has 0 aromatic rings. The van der Waals surface area contributed by atoms with Crippen molar-refractivity contribution >= 4 is 0 Å². The van der Waals surface area contributed by atoms with Gasteiger partial charge in [0.05, 0.1) is 6.10 Å². The number of aliphatic hydroxyl groups is 1. The van der Waals surface area contributed by atoms with E-state index in [1.807, 2.05) is 0 Å². The number of rotatable bonds is 26. The second-order valence-electron chi connectivity index (χ2n) is 11.2. The van der Waals surface area contributed by atoms with Crippen LogP contribution in [0.2, 0.25) is 0 Å². The van der Waals surface area contributed by atoms with E-state index in [-0.39, 0.29) is 11.5 Å². The summed E-state index contributed by atoms with van der Waals surface area (Å²) in [5, 5.41) is 10.2. The van der Waals surface area contributed by atoms with Crippen LogP contribution in [-0.2, 0) is 9.47 Å². The van der Waals surface area contributed by atoms with Gasteiger partial charge in [-0.15, -0.1) is 0 Å². The Morgan fingerprint density at radius 1 is 0.611 bits per heavy atom. The SMILES string of the molecule is CCCCOCCCCCCCC/C=C\C1(/C=C\CCCCCCCCOCCCC)CCC(O)C1. The molecule has 0 heterocycles. The number of unbranched alkanes of at least 4 members (excludes halogenated alkanes) is 14. The van der Waals surface area contributed by atoms with Gasteiger partial charge in [0, 0.05) is 31.8 Å². The van der Waals surface area contributed by atoms with Crippen molar-refractivity contribution in [2.75, 3.05) is 26.4 Å². The van der Waals surface area contributed by atoms with E-state index in [0.29, 0.717) is 0 Å². The highest BCUT2D eigenvalue weighted by molar-refractivity contribution is 5.15. The van der Waals surface area contributed by atoms with Crippen LogP contribution in [0, 0.1) is 5.41 Å². The summed E-state index contributed by atoms with van der Waals surface area (Å²) in [6, 6.07) is 0. The number of aliphatic hydroxyl groups excluding tert-OH is 1. The van der Waals surface area contributed by atoms with Crippen LogP contribution in [-0.4, -0.2) is 37.6 Å². The first kappa shape index (κ1) is 33.4. The van der Waals surface area contributed by atoms with E-state index in [4.69, 9.17) is 9.47 Å². The molecule has 0 saturated heterocycles. The number of allylic oxidation sites excluding steroid dienone is 4. The minimum Gasteiger partial charge on any atom is -0.393 e. The van der Waals surface area contributed by atoms with Gasteiger partial charge in [-0.05, 0) is 70.6 Å². The average Bonchev–Trinajstić information content (AvgIpc) is 3.25. The van der Waals surface area contributed by atoms with E-state index < -0.39 is 0 Å². The minimum absolute atomic E-state index is 0.106. The average molecular weight is 507 g/mol. The fourth-order valence-corrected chi connectivity index (χ4v) is 5.12. The standard InChI is InChI=1S/C33H62O3/c1-3-5-27-35-29-21-17-13-9-7-11-15-19-24-33(26-23-32(34)31-33)25-20-16-12-8-10-14-18-22-30-36-28-6-4-2/h19-20,24-25,32,34H,3-18,21-23,26-31H2,1-2H3/b24-19-,25-20-. The first-order chi connectivity index (χ1) is 17.7. The Morgan fingerprint density at radius 3 is 1.44 bits per heavy atom. The lowest BCUT2D eigenvalue weighted by molar-refractivity contribution is 0.127. The Labute approximate surface area is 225 Å². The molecule has 0 spiro atoms. The van der Waals surface area contributed by atoms with Crippen molar-refractivity contribution in [1.29, 1.82) is 0 Å². The Kier molecular flexibility index (Phi) is 22.9. The van der Waals surface area contributed by atoms with Crippen molar-refractivity contribution in [2.24, 2.45) is 5.41 Å². The summed E-state index contributed by atoms with van der Waals surface area (Å²) in [5.74, 6) is 0. The Balaban J connectivity index is 2.06. The molecule has 0 aromatic carbocycles. The third-order valence-electron chi connectivity index (χ3n) is 7.56. The number of ether oxygens (including phenoxy) is 2. The molecule has 0 amide bonds. The lowest BCUT2D eigenvalue weighted by Crippen LogP contribution is -2.11. The highest BCUT2D eigenvalue weighted by Gasteiger charge is 2.33. The highest BCUT2D eigenvalue weighted by Crippen LogP contribution is 2.41. The highest BCUT2D eigenvalue weighted by atomic mass is 16.5. The van der Waals surface area contributed by atoms with Crippen molar-refractivity contribution in [3.05, 3.63) is 24.3 Å². The van der Waals surface area contributed by atoms with Crippen LogP contribution in [0.3, 0.4) is 0 Å². The monoisotopic (exact) mass is 506 g/mol. The van der Waals surface area contributed by atoms with Crippen molar-refractivity contribution in [3.8, 4) is 0 Å². The van der Waals surface area contributed by atoms with Gasteiger partial charge in [0.15, 0.2) is 0 Å². The fraction of sp³-hybridized carbons (Fsp3) is 0.879. The van der Waals surface area contributed by atoms with E-state index in [9.17, 15) is 5.11 Å². The molecule has 1 unspecified atom stereocenters. The van der Waals surface area contributed by atoms with Crippen LogP contribution in [0.4, 0.5) is 0 Å². The molecule has 1 saturated carbocycles. The fourth-order valence-electron chi connectivity index (χ4n) is 5.12. The zero-order chi connectivity index (χ0) is 26.0. The molecule has 1 atom stereocenters. The molecule has 1 aliphatic carbocycles. The normalized spacial score (nSPS) is 17.7. The van der Waals surface area contributed by atoms with Gasteiger partial charge in [0.1, 0.15) is 0 Å². The molecule has 0 aliphatic heterocycles. The van der Waals surface area contributed by atoms with Gasteiger partial charge in [-0.25, -0.2) is 0 Å². The van der Waals surface area contributed by atoms with E-state index in [2.05, 4.69) is 38.2 Å². The van der Waals surface area contributed by atoms with Crippen LogP contribution >= 0.6 is 0 Å². The van der Waals surface area contributed by atoms with Crippen molar-refractivity contribution in [3.63, 3.8) is 0 Å². The molecular formula is C33H62O3. The molecule has 1 aliphatic rings. The van der Waals surface area contributed by atoms with E-state index in [1.165, 1.54) is 116 Å². The topological polar surface area (TPSA) is 38.7 Å². The molecule has 3 nitrogen and oxygen atoms in total. The molecule has 36 heavy (non-hydrogen) atoms. The molecule has 212 valence electrons. The zero-order valence-corrected chi connectivity index (χ0v) is 24.3. The van der Waals surface area contributed by atoms with Gasteiger partial charge < -0.3 is 14.6 Å². The van der Waals surface area contributed by atoms with E-state index in [1.54, 1.807) is 0 Å². The lowest BCUT2D eigenvalue weighted by Gasteiger charge is -2.21. The quantitative estimate of drug-likeness (QED) is 0.0937. The van der Waals surface area contributed by atoms with Crippen LogP contribution in [0.15, 0.2) is 24.3 Å². The number of hydrogen-bond donors (Lipinski definition) is 1. The second-order valence-corrected chi connectivity index (χ2v) is 11.2. The largest absolute Gasteiger partial charge is 0.393 e. The molecule has 1 N–H and O–H groups in total. The molecular weight excluding hydrogens is 444 g/mol. The van der Waals surface area contributed by atoms with Crippen LogP contribution in [0.25, 0.3) is 0 Å². The summed E-state index contributed by atoms with van der Waals surface area (Å²) in [7, 11) is 0. The van der Waals surface area contributed by atoms with E-state index in [0.717, 1.165) is 45.7 Å². The Morgan fingerprint density at radius 2 is 1.03 bits per heavy atom. The molecule has 1 fully saturated rings. The van der Waals surface area contributed by atoms with Gasteiger partial charge in [-0.3, -0.25) is 0 Å².